The standard InChI is InChI=1S/C18H14N6O4/c25-15-10-14(17(26)19-12-6-8-13(9-7-12)24(27)28)23-18(20-15)21-16(22-23)11-4-2-1-3-5-11/h1-9,14H,10H2,(H,19,26)(H,20,21,22,25)/t14-/m1/s1. The van der Waals surface area contributed by atoms with Gasteiger partial charge in [-0.1, -0.05) is 30.3 Å². The monoisotopic (exact) mass is 378 g/mol. The maximum Gasteiger partial charge on any atom is 0.269 e. The lowest BCUT2D eigenvalue weighted by atomic mass is 10.1. The molecule has 0 fully saturated rings. The normalized spacial score (nSPS) is 15.4. The number of anilines is 2. The van der Waals surface area contributed by atoms with Crippen molar-refractivity contribution in [3.63, 3.8) is 0 Å². The van der Waals surface area contributed by atoms with Crippen molar-refractivity contribution in [1.82, 2.24) is 14.8 Å². The van der Waals surface area contributed by atoms with Crippen LogP contribution in [0.15, 0.2) is 54.6 Å². The molecule has 0 saturated carbocycles. The summed E-state index contributed by atoms with van der Waals surface area (Å²) in [5, 5.41) is 20.4. The summed E-state index contributed by atoms with van der Waals surface area (Å²) in [6.45, 7) is 0. The van der Waals surface area contributed by atoms with Crippen LogP contribution in [0.4, 0.5) is 17.3 Å². The van der Waals surface area contributed by atoms with Gasteiger partial charge in [0.1, 0.15) is 6.04 Å². The molecule has 0 spiro atoms. The van der Waals surface area contributed by atoms with Crippen molar-refractivity contribution >= 4 is 29.1 Å². The van der Waals surface area contributed by atoms with Gasteiger partial charge in [-0.2, -0.15) is 4.98 Å². The van der Waals surface area contributed by atoms with Crippen molar-refractivity contribution in [3.05, 3.63) is 64.7 Å². The lowest BCUT2D eigenvalue weighted by Crippen LogP contribution is -2.36. The summed E-state index contributed by atoms with van der Waals surface area (Å²) < 4.78 is 1.38. The van der Waals surface area contributed by atoms with Crippen LogP contribution >= 0.6 is 0 Å². The maximum absolute atomic E-state index is 12.7. The maximum atomic E-state index is 12.7. The fourth-order valence-corrected chi connectivity index (χ4v) is 2.87. The molecule has 1 aliphatic rings. The van der Waals surface area contributed by atoms with Crippen LogP contribution in [0.2, 0.25) is 0 Å². The third-order valence-electron chi connectivity index (χ3n) is 4.24. The number of rotatable bonds is 4. The highest BCUT2D eigenvalue weighted by Crippen LogP contribution is 2.27. The summed E-state index contributed by atoms with van der Waals surface area (Å²) in [6, 6.07) is 13.7. The van der Waals surface area contributed by atoms with E-state index in [4.69, 9.17) is 0 Å². The molecule has 10 nitrogen and oxygen atoms in total. The summed E-state index contributed by atoms with van der Waals surface area (Å²) >= 11 is 0. The van der Waals surface area contributed by atoms with Crippen molar-refractivity contribution < 1.29 is 14.5 Å². The van der Waals surface area contributed by atoms with Crippen LogP contribution in [-0.2, 0) is 9.59 Å². The number of nitro benzene ring substituents is 1. The first kappa shape index (κ1) is 17.3. The van der Waals surface area contributed by atoms with Crippen LogP contribution in [-0.4, -0.2) is 31.5 Å². The van der Waals surface area contributed by atoms with E-state index in [1.54, 1.807) is 0 Å². The highest BCUT2D eigenvalue weighted by atomic mass is 16.6. The van der Waals surface area contributed by atoms with Gasteiger partial charge < -0.3 is 5.32 Å². The van der Waals surface area contributed by atoms with Crippen LogP contribution in [0, 0.1) is 10.1 Å². The molecule has 1 aliphatic heterocycles. The van der Waals surface area contributed by atoms with E-state index >= 15 is 0 Å². The highest BCUT2D eigenvalue weighted by molar-refractivity contribution is 6.00. The molecule has 1 atom stereocenters. The number of hydrogen-bond donors (Lipinski definition) is 2. The topological polar surface area (TPSA) is 132 Å². The molecule has 4 rings (SSSR count). The molecule has 2 heterocycles. The molecule has 0 aliphatic carbocycles. The number of fused-ring (bicyclic) bond motifs is 1. The van der Waals surface area contributed by atoms with Gasteiger partial charge in [0.05, 0.1) is 11.3 Å². The lowest BCUT2D eigenvalue weighted by molar-refractivity contribution is -0.384. The van der Waals surface area contributed by atoms with Crippen molar-refractivity contribution in [1.29, 1.82) is 0 Å². The number of nitrogens with zero attached hydrogens (tertiary/aromatic N) is 4. The minimum Gasteiger partial charge on any atom is -0.324 e. The van der Waals surface area contributed by atoms with Gasteiger partial charge in [-0.25, -0.2) is 4.68 Å². The number of nitrogens with one attached hydrogen (secondary N) is 2. The molecule has 140 valence electrons. The van der Waals surface area contributed by atoms with Crippen LogP contribution in [0.25, 0.3) is 11.4 Å². The Morgan fingerprint density at radius 2 is 1.89 bits per heavy atom. The smallest absolute Gasteiger partial charge is 0.269 e. The van der Waals surface area contributed by atoms with E-state index in [2.05, 4.69) is 20.7 Å². The quantitative estimate of drug-likeness (QED) is 0.529. The molecule has 0 unspecified atom stereocenters. The molecule has 10 heteroatoms. The van der Waals surface area contributed by atoms with Gasteiger partial charge in [-0.05, 0) is 12.1 Å². The van der Waals surface area contributed by atoms with Crippen LogP contribution in [0.3, 0.4) is 0 Å². The Balaban J connectivity index is 1.60. The van der Waals surface area contributed by atoms with Crippen molar-refractivity contribution in [2.45, 2.75) is 12.5 Å². The number of carbonyl (C=O) groups is 2. The van der Waals surface area contributed by atoms with Crippen molar-refractivity contribution in [3.8, 4) is 11.4 Å². The third kappa shape index (κ3) is 3.30. The zero-order chi connectivity index (χ0) is 19.7. The molecular formula is C18H14N6O4. The van der Waals surface area contributed by atoms with Gasteiger partial charge >= 0.3 is 0 Å². The summed E-state index contributed by atoms with van der Waals surface area (Å²) in [5.74, 6) is -0.220. The SMILES string of the molecule is O=C1C[C@H](C(=O)Nc2ccc([N+](=O)[O-])cc2)n2nc(-c3ccccc3)nc2N1. The number of carbonyl (C=O) groups excluding carboxylic acids is 2. The van der Waals surface area contributed by atoms with Gasteiger partial charge in [0.2, 0.25) is 17.8 Å². The Labute approximate surface area is 158 Å². The average molecular weight is 378 g/mol. The summed E-state index contributed by atoms with van der Waals surface area (Å²) in [4.78, 5) is 39.3. The third-order valence-corrected chi connectivity index (χ3v) is 4.24. The van der Waals surface area contributed by atoms with E-state index in [0.717, 1.165) is 5.56 Å². The molecule has 28 heavy (non-hydrogen) atoms. The van der Waals surface area contributed by atoms with Crippen LogP contribution in [0.5, 0.6) is 0 Å². The molecule has 2 N–H and O–H groups in total. The molecular weight excluding hydrogens is 364 g/mol. The number of nitro groups is 1. The van der Waals surface area contributed by atoms with E-state index in [1.165, 1.54) is 28.9 Å². The molecule has 0 bridgehead atoms. The van der Waals surface area contributed by atoms with E-state index < -0.39 is 16.9 Å². The van der Waals surface area contributed by atoms with E-state index in [-0.39, 0.29) is 24.0 Å². The molecule has 3 aromatic rings. The first-order valence-electron chi connectivity index (χ1n) is 8.38. The van der Waals surface area contributed by atoms with Crippen LogP contribution in [0.1, 0.15) is 12.5 Å². The molecule has 1 aromatic heterocycles. The van der Waals surface area contributed by atoms with Crippen LogP contribution < -0.4 is 10.6 Å². The van der Waals surface area contributed by atoms with Crippen molar-refractivity contribution in [2.24, 2.45) is 0 Å². The van der Waals surface area contributed by atoms with Gasteiger partial charge in [0, 0.05) is 23.4 Å². The number of aromatic nitrogens is 3. The Hall–Kier alpha value is -4.08. The summed E-state index contributed by atoms with van der Waals surface area (Å²) in [7, 11) is 0. The lowest BCUT2D eigenvalue weighted by Gasteiger charge is -2.22. The van der Waals surface area contributed by atoms with Gasteiger partial charge in [0.15, 0.2) is 5.82 Å². The second-order valence-electron chi connectivity index (χ2n) is 6.13. The fraction of sp³-hybridized carbons (Fsp3) is 0.111. The first-order valence-corrected chi connectivity index (χ1v) is 8.38. The number of non-ortho nitro benzene ring substituents is 1. The van der Waals surface area contributed by atoms with Gasteiger partial charge in [-0.15, -0.1) is 5.10 Å². The van der Waals surface area contributed by atoms with Crippen molar-refractivity contribution in [2.75, 3.05) is 10.6 Å². The fourth-order valence-electron chi connectivity index (χ4n) is 2.87. The minimum atomic E-state index is -0.885. The molecule has 0 radical (unpaired) electrons. The molecule has 0 saturated heterocycles. The Morgan fingerprint density at radius 3 is 2.57 bits per heavy atom. The second-order valence-corrected chi connectivity index (χ2v) is 6.13. The predicted molar refractivity (Wildman–Crippen MR) is 99.5 cm³/mol. The average Bonchev–Trinajstić information content (AvgIpc) is 3.12. The summed E-state index contributed by atoms with van der Waals surface area (Å²) in [5.41, 5.74) is 1.06. The molecule has 2 aromatic carbocycles. The zero-order valence-corrected chi connectivity index (χ0v) is 14.4. The molecule has 2 amide bonds. The van der Waals surface area contributed by atoms with E-state index in [0.29, 0.717) is 11.5 Å². The Kier molecular flexibility index (Phi) is 4.28. The summed E-state index contributed by atoms with van der Waals surface area (Å²) in [6.07, 6.45) is -0.0938. The van der Waals surface area contributed by atoms with E-state index in [9.17, 15) is 19.7 Å². The van der Waals surface area contributed by atoms with E-state index in [1.807, 2.05) is 30.3 Å². The van der Waals surface area contributed by atoms with Gasteiger partial charge in [0.25, 0.3) is 5.69 Å². The Bertz CT molecular complexity index is 1060. The first-order chi connectivity index (χ1) is 13.5. The largest absolute Gasteiger partial charge is 0.324 e. The Morgan fingerprint density at radius 1 is 1.18 bits per heavy atom. The minimum absolute atomic E-state index is 0.0823. The predicted octanol–water partition coefficient (Wildman–Crippen LogP) is 2.38. The number of benzene rings is 2. The second kappa shape index (κ2) is 6.91. The highest BCUT2D eigenvalue weighted by Gasteiger charge is 2.33. The number of amides is 2. The zero-order valence-electron chi connectivity index (χ0n) is 14.4. The van der Waals surface area contributed by atoms with Gasteiger partial charge in [-0.3, -0.25) is 25.0 Å². The number of hydrogen-bond acceptors (Lipinski definition) is 6.